The second kappa shape index (κ2) is 9.61. The Morgan fingerprint density at radius 2 is 1.65 bits per heavy atom. The van der Waals surface area contributed by atoms with Crippen molar-refractivity contribution in [3.05, 3.63) is 70.9 Å². The summed E-state index contributed by atoms with van der Waals surface area (Å²) in [5.41, 5.74) is 1.11. The molecule has 0 aliphatic rings. The van der Waals surface area contributed by atoms with Crippen molar-refractivity contribution in [3.63, 3.8) is 0 Å². The van der Waals surface area contributed by atoms with Crippen LogP contribution in [-0.4, -0.2) is 28.6 Å². The van der Waals surface area contributed by atoms with Gasteiger partial charge in [-0.2, -0.15) is 0 Å². The van der Waals surface area contributed by atoms with Gasteiger partial charge in [0.25, 0.3) is 5.91 Å². The number of nitrogens with one attached hydrogen (secondary N) is 2. The minimum Gasteiger partial charge on any atom is -0.340 e. The van der Waals surface area contributed by atoms with Gasteiger partial charge in [0.1, 0.15) is 11.9 Å². The maximum Gasteiger partial charge on any atom is 0.254 e. The summed E-state index contributed by atoms with van der Waals surface area (Å²) >= 11 is 1.07. The fourth-order valence-electron chi connectivity index (χ4n) is 2.99. The van der Waals surface area contributed by atoms with Gasteiger partial charge in [0.2, 0.25) is 5.91 Å². The third-order valence-electron chi connectivity index (χ3n) is 4.58. The predicted octanol–water partition coefficient (Wildman–Crippen LogP) is 4.54. The molecular weight excluding hydrogens is 417 g/mol. The maximum atomic E-state index is 13.9. The summed E-state index contributed by atoms with van der Waals surface area (Å²) in [6, 6.07) is 13.8. The number of hydrogen-bond donors (Lipinski definition) is 2. The molecule has 2 N–H and O–H groups in total. The third-order valence-corrected chi connectivity index (χ3v) is 5.65. The van der Waals surface area contributed by atoms with E-state index >= 15 is 0 Å². The second-order valence-corrected chi connectivity index (χ2v) is 8.28. The van der Waals surface area contributed by atoms with Crippen molar-refractivity contribution in [2.75, 3.05) is 5.32 Å². The second-order valence-electron chi connectivity index (χ2n) is 7.28. The number of aromatic nitrogens is 1. The molecule has 0 spiro atoms. The summed E-state index contributed by atoms with van der Waals surface area (Å²) in [7, 11) is 0. The Kier molecular flexibility index (Phi) is 6.91. The number of carbonyl (C=O) groups excluding carboxylic acids is 3. The van der Waals surface area contributed by atoms with E-state index in [0.717, 1.165) is 16.9 Å². The van der Waals surface area contributed by atoms with E-state index in [1.54, 1.807) is 19.9 Å². The van der Waals surface area contributed by atoms with E-state index in [4.69, 9.17) is 0 Å². The molecule has 0 bridgehead atoms. The first-order valence-corrected chi connectivity index (χ1v) is 10.5. The van der Waals surface area contributed by atoms with Crippen LogP contribution in [0.2, 0.25) is 0 Å². The highest BCUT2D eigenvalue weighted by molar-refractivity contribution is 7.18. The van der Waals surface area contributed by atoms with Crippen LogP contribution in [0.25, 0.3) is 11.3 Å². The van der Waals surface area contributed by atoms with Crippen LogP contribution in [0.15, 0.2) is 54.6 Å². The smallest absolute Gasteiger partial charge is 0.254 e. The zero-order chi connectivity index (χ0) is 22.5. The molecule has 0 aliphatic carbocycles. The lowest BCUT2D eigenvalue weighted by Gasteiger charge is -2.21. The average Bonchev–Trinajstić information content (AvgIpc) is 3.16. The SMILES string of the molecule is CC(=O)c1sc(NC(=O)[C@H](NC(=O)c2ccccc2F)C(C)C)nc1-c1ccccc1. The van der Waals surface area contributed by atoms with Crippen LogP contribution in [0, 0.1) is 11.7 Å². The van der Waals surface area contributed by atoms with Crippen molar-refractivity contribution in [2.45, 2.75) is 26.8 Å². The zero-order valence-corrected chi connectivity index (χ0v) is 18.1. The summed E-state index contributed by atoms with van der Waals surface area (Å²) in [4.78, 5) is 42.3. The lowest BCUT2D eigenvalue weighted by atomic mass is 10.0. The minimum absolute atomic E-state index is 0.138. The number of ketones is 1. The van der Waals surface area contributed by atoms with E-state index in [0.29, 0.717) is 10.6 Å². The number of hydrogen-bond acceptors (Lipinski definition) is 5. The molecular formula is C23H22FN3O3S. The van der Waals surface area contributed by atoms with Gasteiger partial charge in [0.15, 0.2) is 10.9 Å². The summed E-state index contributed by atoms with van der Waals surface area (Å²) in [5, 5.41) is 5.53. The van der Waals surface area contributed by atoms with Crippen LogP contribution in [-0.2, 0) is 4.79 Å². The summed E-state index contributed by atoms with van der Waals surface area (Å²) in [6.07, 6.45) is 0. The number of halogens is 1. The number of nitrogens with zero attached hydrogens (tertiary/aromatic N) is 1. The number of thiazole rings is 1. The molecule has 1 atom stereocenters. The van der Waals surface area contributed by atoms with E-state index in [2.05, 4.69) is 15.6 Å². The Bertz CT molecular complexity index is 1110. The molecule has 31 heavy (non-hydrogen) atoms. The number of anilines is 1. The Balaban J connectivity index is 1.82. The van der Waals surface area contributed by atoms with Gasteiger partial charge < -0.3 is 10.6 Å². The lowest BCUT2D eigenvalue weighted by Crippen LogP contribution is -2.47. The van der Waals surface area contributed by atoms with Crippen LogP contribution in [0.3, 0.4) is 0 Å². The molecule has 0 fully saturated rings. The normalized spacial score (nSPS) is 11.8. The average molecular weight is 440 g/mol. The van der Waals surface area contributed by atoms with Gasteiger partial charge >= 0.3 is 0 Å². The fourth-order valence-corrected chi connectivity index (χ4v) is 3.87. The third kappa shape index (κ3) is 5.21. The summed E-state index contributed by atoms with van der Waals surface area (Å²) in [6.45, 7) is 4.98. The van der Waals surface area contributed by atoms with Crippen molar-refractivity contribution in [3.8, 4) is 11.3 Å². The molecule has 0 saturated heterocycles. The van der Waals surface area contributed by atoms with Crippen LogP contribution in [0.4, 0.5) is 9.52 Å². The highest BCUT2D eigenvalue weighted by Crippen LogP contribution is 2.31. The van der Waals surface area contributed by atoms with Gasteiger partial charge in [-0.1, -0.05) is 67.6 Å². The molecule has 3 aromatic rings. The standard InChI is InChI=1S/C23H22FN3O3S/c1-13(2)18(25-21(29)16-11-7-8-12-17(16)24)22(30)27-23-26-19(20(31-23)14(3)28)15-9-5-4-6-10-15/h4-13,18H,1-3H3,(H,25,29)(H,26,27,30)/t18-/m1/s1. The molecule has 0 radical (unpaired) electrons. The van der Waals surface area contributed by atoms with E-state index in [-0.39, 0.29) is 22.4 Å². The molecule has 160 valence electrons. The molecule has 2 amide bonds. The molecule has 0 aliphatic heterocycles. The number of carbonyl (C=O) groups is 3. The van der Waals surface area contributed by atoms with Crippen molar-refractivity contribution in [2.24, 2.45) is 5.92 Å². The van der Waals surface area contributed by atoms with Crippen LogP contribution in [0.1, 0.15) is 40.8 Å². The maximum absolute atomic E-state index is 13.9. The van der Waals surface area contributed by atoms with Crippen LogP contribution >= 0.6 is 11.3 Å². The molecule has 1 heterocycles. The van der Waals surface area contributed by atoms with Gasteiger partial charge in [0, 0.05) is 12.5 Å². The quantitative estimate of drug-likeness (QED) is 0.529. The van der Waals surface area contributed by atoms with Gasteiger partial charge in [-0.05, 0) is 18.1 Å². The highest BCUT2D eigenvalue weighted by Gasteiger charge is 2.27. The Labute approximate surface area is 183 Å². The van der Waals surface area contributed by atoms with E-state index < -0.39 is 23.7 Å². The van der Waals surface area contributed by atoms with Gasteiger partial charge in [-0.15, -0.1) is 0 Å². The fraction of sp³-hybridized carbons (Fsp3) is 0.217. The van der Waals surface area contributed by atoms with Crippen molar-refractivity contribution >= 4 is 34.1 Å². The zero-order valence-electron chi connectivity index (χ0n) is 17.3. The van der Waals surface area contributed by atoms with Crippen molar-refractivity contribution < 1.29 is 18.8 Å². The van der Waals surface area contributed by atoms with Crippen molar-refractivity contribution in [1.82, 2.24) is 10.3 Å². The summed E-state index contributed by atoms with van der Waals surface area (Å²) in [5.74, 6) is -2.27. The Morgan fingerprint density at radius 1 is 1.00 bits per heavy atom. The number of amides is 2. The lowest BCUT2D eigenvalue weighted by molar-refractivity contribution is -0.118. The molecule has 1 aromatic heterocycles. The van der Waals surface area contributed by atoms with Gasteiger partial charge in [0.05, 0.1) is 16.1 Å². The highest BCUT2D eigenvalue weighted by atomic mass is 32.1. The first-order valence-electron chi connectivity index (χ1n) is 9.71. The molecule has 3 rings (SSSR count). The number of benzene rings is 2. The van der Waals surface area contributed by atoms with Crippen LogP contribution < -0.4 is 10.6 Å². The molecule has 0 unspecified atom stereocenters. The largest absolute Gasteiger partial charge is 0.340 e. The van der Waals surface area contributed by atoms with E-state index in [9.17, 15) is 18.8 Å². The first-order chi connectivity index (χ1) is 14.8. The molecule has 8 heteroatoms. The molecule has 2 aromatic carbocycles. The van der Waals surface area contributed by atoms with Gasteiger partial charge in [-0.3, -0.25) is 14.4 Å². The van der Waals surface area contributed by atoms with E-state index in [1.165, 1.54) is 25.1 Å². The number of Topliss-reactive ketones (excluding diaryl/α,β-unsaturated/α-hetero) is 1. The number of rotatable bonds is 7. The van der Waals surface area contributed by atoms with Gasteiger partial charge in [-0.25, -0.2) is 9.37 Å². The van der Waals surface area contributed by atoms with E-state index in [1.807, 2.05) is 30.3 Å². The predicted molar refractivity (Wildman–Crippen MR) is 119 cm³/mol. The summed E-state index contributed by atoms with van der Waals surface area (Å²) < 4.78 is 13.9. The Hall–Kier alpha value is -3.39. The topological polar surface area (TPSA) is 88.2 Å². The minimum atomic E-state index is -0.919. The van der Waals surface area contributed by atoms with Crippen molar-refractivity contribution in [1.29, 1.82) is 0 Å². The monoisotopic (exact) mass is 439 g/mol. The molecule has 0 saturated carbocycles. The first kappa shape index (κ1) is 22.3. The Morgan fingerprint density at radius 3 is 2.26 bits per heavy atom. The van der Waals surface area contributed by atoms with Crippen LogP contribution in [0.5, 0.6) is 0 Å². The molecule has 6 nitrogen and oxygen atoms in total.